The molecule has 8 N–H and O–H groups in total. The Labute approximate surface area is 724 Å². The molecule has 4 aliphatic rings. The van der Waals surface area contributed by atoms with E-state index < -0.39 is 45.5 Å². The normalized spacial score (nSPS) is 14.2. The number of pyridine rings is 4. The number of benzene rings is 4. The standard InChI is InChI=1S/4C21H20ClFN6O2/c2*1-3-16(30)27-6-8-28(9-7-27)20-13-10-12(2)29(21(31)18(13)25-11-26-20)19-15(24)5-4-14(22)17(19)23;2*1-3-16(30)27-6-8-28(9-7-27)20-13-10-12(2)29(21(31)18(13)25-11-26-20)19-15(23)5-4-14(22)17(19)24/h4*3-5,10-11H,1,6-9,24H2,2H3. The van der Waals surface area contributed by atoms with Gasteiger partial charge in [0.1, 0.15) is 105 Å². The maximum absolute atomic E-state index is 14.8. The number of amides is 4. The summed E-state index contributed by atoms with van der Waals surface area (Å²) in [6.45, 7) is 29.2. The summed E-state index contributed by atoms with van der Waals surface area (Å²) < 4.78 is 63.4. The Hall–Kier alpha value is -13.8. The third kappa shape index (κ3) is 17.0. The van der Waals surface area contributed by atoms with Gasteiger partial charge in [-0.05, 0) is 125 Å². The number of hydrogen-bond acceptors (Lipinski definition) is 24. The summed E-state index contributed by atoms with van der Waals surface area (Å²) >= 11 is 23.9. The van der Waals surface area contributed by atoms with Crippen molar-refractivity contribution < 1.29 is 36.7 Å². The van der Waals surface area contributed by atoms with Gasteiger partial charge in [-0.1, -0.05) is 72.7 Å². The summed E-state index contributed by atoms with van der Waals surface area (Å²) in [6, 6.07) is 17.5. The van der Waals surface area contributed by atoms with Crippen molar-refractivity contribution >= 4 is 160 Å². The largest absolute Gasteiger partial charge is 0.397 e. The van der Waals surface area contributed by atoms with Crippen LogP contribution in [0.4, 0.5) is 63.6 Å². The molecule has 0 unspecified atom stereocenters. The van der Waals surface area contributed by atoms with Crippen LogP contribution in [0.3, 0.4) is 0 Å². The second-order valence-electron chi connectivity index (χ2n) is 28.8. The Morgan fingerprint density at radius 1 is 0.331 bits per heavy atom. The van der Waals surface area contributed by atoms with Gasteiger partial charge in [0.2, 0.25) is 23.6 Å². The first kappa shape index (κ1) is 88.0. The molecule has 16 rings (SSSR count). The summed E-state index contributed by atoms with van der Waals surface area (Å²) in [4.78, 5) is 149. The highest BCUT2D eigenvalue weighted by Gasteiger charge is 2.32. The van der Waals surface area contributed by atoms with Crippen LogP contribution in [0.2, 0.25) is 20.1 Å². The second kappa shape index (κ2) is 36.8. The molecule has 4 saturated heterocycles. The first-order valence-electron chi connectivity index (χ1n) is 38.4. The van der Waals surface area contributed by atoms with E-state index in [0.29, 0.717) is 172 Å². The molecule has 4 fully saturated rings. The van der Waals surface area contributed by atoms with Crippen LogP contribution in [0.15, 0.2) is 168 Å². The SMILES string of the molecule is C=CC(=O)N1CCN(c2ncnc3c(=O)n(-c4c(F)ccc(Cl)c4N)c(C)cc23)CC1.C=CC(=O)N1CCN(c2ncnc3c(=O)n(-c4c(F)ccc(Cl)c4N)c(C)cc23)CC1.C=CC(=O)N1CCN(c2ncnc3c(=O)n(-c4c(N)ccc(Cl)c4F)c(C)cc23)CC1.C=CC(=O)N1CCN(c2ncnc3c(=O)n(-c4c(N)ccc(Cl)c4F)c(C)cc23)CC1. The van der Waals surface area contributed by atoms with Crippen LogP contribution in [0.1, 0.15) is 22.8 Å². The molecule has 4 aromatic carbocycles. The average Bonchev–Trinajstić information content (AvgIpc) is 0.764. The van der Waals surface area contributed by atoms with E-state index in [4.69, 9.17) is 69.3 Å². The number of carbonyl (C=O) groups is 4. The third-order valence-corrected chi connectivity index (χ3v) is 22.7. The van der Waals surface area contributed by atoms with Gasteiger partial charge in [0.25, 0.3) is 22.2 Å². The molecule has 640 valence electrons. The van der Waals surface area contributed by atoms with Crippen molar-refractivity contribution in [1.82, 2.24) is 77.7 Å². The highest BCUT2D eigenvalue weighted by atomic mass is 35.5. The maximum Gasteiger partial charge on any atom is 0.282 e. The number of nitrogen functional groups attached to an aromatic ring is 4. The smallest absolute Gasteiger partial charge is 0.282 e. The number of anilines is 8. The molecule has 40 heteroatoms. The van der Waals surface area contributed by atoms with Gasteiger partial charge in [-0.25, -0.2) is 57.4 Å². The quantitative estimate of drug-likeness (QED) is 0.0502. The number of carbonyl (C=O) groups excluding carboxylic acids is 4. The molecule has 4 amide bonds. The van der Waals surface area contributed by atoms with E-state index in [0.717, 1.165) is 0 Å². The van der Waals surface area contributed by atoms with E-state index in [2.05, 4.69) is 66.2 Å². The summed E-state index contributed by atoms with van der Waals surface area (Å²) in [5.41, 5.74) is 23.9. The van der Waals surface area contributed by atoms with Gasteiger partial charge >= 0.3 is 0 Å². The minimum absolute atomic E-state index is 0.0245. The number of aryl methyl sites for hydroxylation is 4. The van der Waals surface area contributed by atoms with Crippen molar-refractivity contribution in [3.63, 3.8) is 0 Å². The molecule has 0 saturated carbocycles. The molecule has 0 radical (unpaired) electrons. The summed E-state index contributed by atoms with van der Waals surface area (Å²) in [5, 5.41) is 2.22. The van der Waals surface area contributed by atoms with Gasteiger partial charge in [-0.2, -0.15) is 0 Å². The fourth-order valence-electron chi connectivity index (χ4n) is 15.2. The Kier molecular flexibility index (Phi) is 26.1. The highest BCUT2D eigenvalue weighted by molar-refractivity contribution is 6.34. The number of halogens is 8. The van der Waals surface area contributed by atoms with Crippen molar-refractivity contribution in [3.05, 3.63) is 256 Å². The Morgan fingerprint density at radius 3 is 0.774 bits per heavy atom. The Morgan fingerprint density at radius 2 is 0.548 bits per heavy atom. The summed E-state index contributed by atoms with van der Waals surface area (Å²) in [5.74, 6) is -1.01. The molecular weight excluding hydrogens is 1690 g/mol. The van der Waals surface area contributed by atoms with Crippen LogP contribution >= 0.6 is 46.4 Å². The fourth-order valence-corrected chi connectivity index (χ4v) is 15.8. The van der Waals surface area contributed by atoms with Gasteiger partial charge < -0.3 is 62.1 Å². The van der Waals surface area contributed by atoms with Crippen LogP contribution in [-0.2, 0) is 19.2 Å². The molecule has 12 heterocycles. The number of piperazine rings is 4. The lowest BCUT2D eigenvalue weighted by atomic mass is 10.1. The predicted octanol–water partition coefficient (Wildman–Crippen LogP) is 9.19. The van der Waals surface area contributed by atoms with E-state index >= 15 is 0 Å². The van der Waals surface area contributed by atoms with Crippen molar-refractivity contribution in [3.8, 4) is 22.7 Å². The molecule has 124 heavy (non-hydrogen) atoms. The molecule has 12 aromatic rings. The topological polar surface area (TPSA) is 389 Å². The van der Waals surface area contributed by atoms with Crippen LogP contribution in [0.5, 0.6) is 0 Å². The van der Waals surface area contributed by atoms with Crippen LogP contribution in [0, 0.1) is 51.0 Å². The molecule has 32 nitrogen and oxygen atoms in total. The van der Waals surface area contributed by atoms with Crippen molar-refractivity contribution in [2.45, 2.75) is 27.7 Å². The zero-order valence-electron chi connectivity index (χ0n) is 67.2. The van der Waals surface area contributed by atoms with Crippen molar-refractivity contribution in [2.24, 2.45) is 0 Å². The van der Waals surface area contributed by atoms with Gasteiger partial charge in [0.15, 0.2) is 11.6 Å². The monoisotopic (exact) mass is 1770 g/mol. The number of aromatic nitrogens is 12. The lowest BCUT2D eigenvalue weighted by Gasteiger charge is -2.35. The lowest BCUT2D eigenvalue weighted by molar-refractivity contribution is -0.127. The Balaban J connectivity index is 0.000000142. The van der Waals surface area contributed by atoms with Gasteiger partial charge in [0, 0.05) is 127 Å². The zero-order chi connectivity index (χ0) is 89.1. The molecule has 0 bridgehead atoms. The van der Waals surface area contributed by atoms with E-state index in [9.17, 15) is 55.9 Å². The summed E-state index contributed by atoms with van der Waals surface area (Å²) in [7, 11) is 0. The molecule has 0 aliphatic carbocycles. The molecule has 0 atom stereocenters. The number of nitrogens with zero attached hydrogens (tertiary/aromatic N) is 20. The first-order chi connectivity index (χ1) is 59.3. The number of rotatable bonds is 12. The molecule has 8 aromatic heterocycles. The van der Waals surface area contributed by atoms with Crippen molar-refractivity contribution in [2.75, 3.05) is 147 Å². The fraction of sp³-hybridized carbons (Fsp3) is 0.238. The van der Waals surface area contributed by atoms with E-state index in [1.165, 1.54) is 116 Å². The van der Waals surface area contributed by atoms with Crippen LogP contribution in [-0.4, -0.2) is 206 Å². The van der Waals surface area contributed by atoms with Crippen molar-refractivity contribution in [1.29, 1.82) is 0 Å². The second-order valence-corrected chi connectivity index (χ2v) is 30.4. The van der Waals surface area contributed by atoms with Gasteiger partial charge in [-0.3, -0.25) is 56.6 Å². The molecular formula is C84H80Cl4F4N24O8. The minimum Gasteiger partial charge on any atom is -0.397 e. The predicted molar refractivity (Wildman–Crippen MR) is 473 cm³/mol. The molecule has 0 spiro atoms. The Bertz CT molecular complexity index is 5850. The lowest BCUT2D eigenvalue weighted by Crippen LogP contribution is -2.48. The minimum atomic E-state index is -0.775. The number of nitrogens with two attached hydrogens (primary N) is 4. The average molecular weight is 1770 g/mol. The maximum atomic E-state index is 14.8. The number of fused-ring (bicyclic) bond motifs is 4. The third-order valence-electron chi connectivity index (χ3n) is 21.5. The first-order valence-corrected chi connectivity index (χ1v) is 39.9. The van der Waals surface area contributed by atoms with E-state index in [1.54, 1.807) is 71.6 Å². The molecule has 4 aliphatic heterocycles. The van der Waals surface area contributed by atoms with Gasteiger partial charge in [-0.15, -0.1) is 0 Å². The zero-order valence-corrected chi connectivity index (χ0v) is 70.3. The number of hydrogen-bond donors (Lipinski definition) is 4. The van der Waals surface area contributed by atoms with Crippen LogP contribution < -0.4 is 64.8 Å². The summed E-state index contributed by atoms with van der Waals surface area (Å²) in [6.07, 6.45) is 10.4. The van der Waals surface area contributed by atoms with Crippen LogP contribution in [0.25, 0.3) is 66.4 Å². The van der Waals surface area contributed by atoms with E-state index in [-0.39, 0.29) is 111 Å². The van der Waals surface area contributed by atoms with E-state index in [1.807, 2.05) is 19.6 Å². The van der Waals surface area contributed by atoms with Gasteiger partial charge in [0.05, 0.1) is 64.4 Å². The highest BCUT2D eigenvalue weighted by Crippen LogP contribution is 2.37.